The molecule has 0 aromatic heterocycles. The van der Waals surface area contributed by atoms with Gasteiger partial charge >= 0.3 is 12.4 Å². The van der Waals surface area contributed by atoms with Crippen molar-refractivity contribution in [2.24, 2.45) is 0 Å². The zero-order valence-electron chi connectivity index (χ0n) is 7.00. The molecule has 1 nitrogen and oxygen atoms in total. The van der Waals surface area contributed by atoms with E-state index >= 15 is 0 Å². The molecular formula is C8H4F6N. The highest BCUT2D eigenvalue weighted by molar-refractivity contribution is 5.51. The van der Waals surface area contributed by atoms with E-state index in [1.165, 1.54) is 0 Å². The summed E-state index contributed by atoms with van der Waals surface area (Å²) < 4.78 is 73.2. The van der Waals surface area contributed by atoms with Gasteiger partial charge in [-0.25, -0.2) is 0 Å². The van der Waals surface area contributed by atoms with Gasteiger partial charge in [-0.05, 0) is 12.1 Å². The van der Waals surface area contributed by atoms with Gasteiger partial charge in [-0.15, -0.1) is 0 Å². The predicted molar refractivity (Wildman–Crippen MR) is 39.2 cm³/mol. The second kappa shape index (κ2) is 3.32. The molecule has 0 spiro atoms. The van der Waals surface area contributed by atoms with Crippen molar-refractivity contribution >= 4 is 5.69 Å². The Labute approximate surface area is 80.5 Å². The Balaban J connectivity index is 3.48. The van der Waals surface area contributed by atoms with Crippen LogP contribution in [0.3, 0.4) is 0 Å². The maximum atomic E-state index is 12.2. The molecule has 0 aliphatic heterocycles. The lowest BCUT2D eigenvalue weighted by molar-refractivity contribution is -0.161. The lowest BCUT2D eigenvalue weighted by Crippen LogP contribution is -2.16. The van der Waals surface area contributed by atoms with E-state index in [0.717, 1.165) is 6.07 Å². The van der Waals surface area contributed by atoms with Crippen molar-refractivity contribution in [1.29, 1.82) is 0 Å². The predicted octanol–water partition coefficient (Wildman–Crippen LogP) is 3.64. The summed E-state index contributed by atoms with van der Waals surface area (Å²) >= 11 is 0. The van der Waals surface area contributed by atoms with Crippen LogP contribution in [0.15, 0.2) is 18.2 Å². The maximum Gasteiger partial charge on any atom is 0.419 e. The number of rotatable bonds is 0. The first-order valence-electron chi connectivity index (χ1n) is 3.63. The standard InChI is InChI=1S/C8H4F6N/c9-7(10,11)4-2-1-3-5(15)6(4)8(12,13)14/h1-3,15H. The summed E-state index contributed by atoms with van der Waals surface area (Å²) in [6.07, 6.45) is -10.3. The summed E-state index contributed by atoms with van der Waals surface area (Å²) in [6.45, 7) is 0. The highest BCUT2D eigenvalue weighted by atomic mass is 19.4. The summed E-state index contributed by atoms with van der Waals surface area (Å²) in [6, 6.07) is 1.74. The fourth-order valence-corrected chi connectivity index (χ4v) is 1.09. The lowest BCUT2D eigenvalue weighted by atomic mass is 10.0. The van der Waals surface area contributed by atoms with Crippen molar-refractivity contribution in [1.82, 2.24) is 5.73 Å². The fraction of sp³-hybridized carbons (Fsp3) is 0.250. The minimum atomic E-state index is -5.18. The van der Waals surface area contributed by atoms with Crippen LogP contribution in [0, 0.1) is 0 Å². The van der Waals surface area contributed by atoms with E-state index in [9.17, 15) is 26.3 Å². The molecule has 0 atom stereocenters. The van der Waals surface area contributed by atoms with Crippen molar-refractivity contribution in [2.45, 2.75) is 12.4 Å². The zero-order valence-corrected chi connectivity index (χ0v) is 7.00. The zero-order chi connectivity index (χ0) is 11.9. The Kier molecular flexibility index (Phi) is 2.58. The molecule has 15 heavy (non-hydrogen) atoms. The number of nitrogens with one attached hydrogen (secondary N) is 1. The third-order valence-corrected chi connectivity index (χ3v) is 1.65. The number of alkyl halides is 6. The maximum absolute atomic E-state index is 12.2. The Morgan fingerprint density at radius 1 is 0.867 bits per heavy atom. The highest BCUT2D eigenvalue weighted by Crippen LogP contribution is 2.43. The van der Waals surface area contributed by atoms with Crippen LogP contribution in [0.1, 0.15) is 11.1 Å². The first-order chi connectivity index (χ1) is 6.64. The molecule has 7 heteroatoms. The second-order valence-electron chi connectivity index (χ2n) is 2.72. The Bertz CT molecular complexity index is 364. The van der Waals surface area contributed by atoms with Crippen molar-refractivity contribution in [2.75, 3.05) is 0 Å². The summed E-state index contributed by atoms with van der Waals surface area (Å²) in [4.78, 5) is 0. The van der Waals surface area contributed by atoms with Gasteiger partial charge in [0.15, 0.2) is 0 Å². The summed E-state index contributed by atoms with van der Waals surface area (Å²) in [5, 5.41) is 0. The van der Waals surface area contributed by atoms with Crippen LogP contribution in [0.5, 0.6) is 0 Å². The van der Waals surface area contributed by atoms with Crippen LogP contribution in [-0.4, -0.2) is 0 Å². The molecule has 1 aromatic carbocycles. The molecule has 0 unspecified atom stereocenters. The van der Waals surface area contributed by atoms with Gasteiger partial charge in [-0.1, -0.05) is 6.07 Å². The summed E-state index contributed by atoms with van der Waals surface area (Å²) in [5.74, 6) is 0. The Morgan fingerprint density at radius 2 is 1.40 bits per heavy atom. The van der Waals surface area contributed by atoms with E-state index in [0.29, 0.717) is 12.1 Å². The quantitative estimate of drug-likeness (QED) is 0.605. The van der Waals surface area contributed by atoms with E-state index in [4.69, 9.17) is 5.73 Å². The number of benzene rings is 1. The van der Waals surface area contributed by atoms with Crippen molar-refractivity contribution in [3.8, 4) is 0 Å². The Hall–Kier alpha value is -1.40. The van der Waals surface area contributed by atoms with Crippen molar-refractivity contribution in [3.05, 3.63) is 29.3 Å². The molecule has 1 aromatic rings. The number of hydrogen-bond acceptors (Lipinski definition) is 0. The number of hydrogen-bond donors (Lipinski definition) is 0. The average Bonchev–Trinajstić information content (AvgIpc) is 1.99. The van der Waals surface area contributed by atoms with E-state index in [1.807, 2.05) is 0 Å². The molecule has 0 amide bonds. The fourth-order valence-electron chi connectivity index (χ4n) is 1.09. The van der Waals surface area contributed by atoms with Gasteiger partial charge in [-0.2, -0.15) is 26.3 Å². The van der Waals surface area contributed by atoms with E-state index in [-0.39, 0.29) is 0 Å². The normalized spacial score (nSPS) is 12.9. The average molecular weight is 228 g/mol. The van der Waals surface area contributed by atoms with E-state index in [2.05, 4.69) is 0 Å². The van der Waals surface area contributed by atoms with Gasteiger partial charge < -0.3 is 5.73 Å². The van der Waals surface area contributed by atoms with Crippen LogP contribution < -0.4 is 5.73 Å². The van der Waals surface area contributed by atoms with Crippen LogP contribution in [0.25, 0.3) is 0 Å². The second-order valence-corrected chi connectivity index (χ2v) is 2.72. The molecule has 83 valence electrons. The van der Waals surface area contributed by atoms with Crippen LogP contribution in [-0.2, 0) is 12.4 Å². The molecular weight excluding hydrogens is 224 g/mol. The molecule has 0 fully saturated rings. The highest BCUT2D eigenvalue weighted by Gasteiger charge is 2.44. The van der Waals surface area contributed by atoms with E-state index in [1.54, 1.807) is 0 Å². The van der Waals surface area contributed by atoms with Crippen LogP contribution in [0.4, 0.5) is 32.0 Å². The van der Waals surface area contributed by atoms with Gasteiger partial charge in [0.25, 0.3) is 0 Å². The first kappa shape index (κ1) is 11.7. The van der Waals surface area contributed by atoms with Crippen molar-refractivity contribution in [3.63, 3.8) is 0 Å². The monoisotopic (exact) mass is 228 g/mol. The summed E-state index contributed by atoms with van der Waals surface area (Å²) in [5.41, 5.74) is 1.87. The van der Waals surface area contributed by atoms with Crippen LogP contribution >= 0.6 is 0 Å². The van der Waals surface area contributed by atoms with Crippen LogP contribution in [0.2, 0.25) is 0 Å². The topological polar surface area (TPSA) is 23.8 Å². The Morgan fingerprint density at radius 3 is 1.73 bits per heavy atom. The largest absolute Gasteiger partial charge is 0.419 e. The number of halogens is 6. The molecule has 0 heterocycles. The molecule has 0 bridgehead atoms. The van der Waals surface area contributed by atoms with Gasteiger partial charge in [0, 0.05) is 0 Å². The van der Waals surface area contributed by atoms with Crippen molar-refractivity contribution < 1.29 is 26.3 Å². The lowest BCUT2D eigenvalue weighted by Gasteiger charge is -2.16. The smallest absolute Gasteiger partial charge is 0.300 e. The molecule has 1 rings (SSSR count). The minimum absolute atomic E-state index is 0.306. The van der Waals surface area contributed by atoms with Gasteiger partial charge in [0.2, 0.25) is 0 Å². The summed E-state index contributed by atoms with van der Waals surface area (Å²) in [7, 11) is 0. The first-order valence-corrected chi connectivity index (χ1v) is 3.63. The molecule has 0 saturated heterocycles. The SMILES string of the molecule is [NH]c1cccc(C(F)(F)F)c1C(F)(F)F. The minimum Gasteiger partial charge on any atom is -0.300 e. The molecule has 0 aliphatic carbocycles. The molecule has 0 aliphatic rings. The molecule has 1 N–H and O–H groups in total. The third-order valence-electron chi connectivity index (χ3n) is 1.65. The van der Waals surface area contributed by atoms with Gasteiger partial charge in [0.1, 0.15) is 0 Å². The third kappa shape index (κ3) is 2.34. The molecule has 0 saturated carbocycles. The van der Waals surface area contributed by atoms with E-state index < -0.39 is 29.2 Å². The van der Waals surface area contributed by atoms with Gasteiger partial charge in [-0.3, -0.25) is 0 Å². The van der Waals surface area contributed by atoms with Gasteiger partial charge in [0.05, 0.1) is 16.8 Å². The molecule has 1 radical (unpaired) electrons.